The van der Waals surface area contributed by atoms with Crippen LogP contribution in [0.25, 0.3) is 0 Å². The number of esters is 3. The van der Waals surface area contributed by atoms with Gasteiger partial charge in [0, 0.05) is 84.6 Å². The molecule has 2 aliphatic heterocycles. The van der Waals surface area contributed by atoms with E-state index in [2.05, 4.69) is 15.6 Å². The van der Waals surface area contributed by atoms with Gasteiger partial charge in [0.2, 0.25) is 11.8 Å². The summed E-state index contributed by atoms with van der Waals surface area (Å²) in [5, 5.41) is 5.49. The molecule has 0 spiro atoms. The van der Waals surface area contributed by atoms with Crippen LogP contribution in [0, 0.1) is 11.8 Å². The van der Waals surface area contributed by atoms with E-state index < -0.39 is 103 Å². The number of rotatable bonds is 23. The van der Waals surface area contributed by atoms with Crippen LogP contribution in [0.4, 0.5) is 4.79 Å². The molecule has 0 radical (unpaired) electrons. The number of benzene rings is 1. The Bertz CT molecular complexity index is 2100. The van der Waals surface area contributed by atoms with Gasteiger partial charge in [-0.1, -0.05) is 30.3 Å². The summed E-state index contributed by atoms with van der Waals surface area (Å²) in [5.74, 6) is -4.10. The zero-order valence-corrected chi connectivity index (χ0v) is 38.4. The summed E-state index contributed by atoms with van der Waals surface area (Å²) >= 11 is 5.37. The maximum absolute atomic E-state index is 13.0. The fourth-order valence-electron chi connectivity index (χ4n) is 7.46. The molecule has 0 saturated carbocycles. The van der Waals surface area contributed by atoms with E-state index in [0.29, 0.717) is 25.7 Å². The van der Waals surface area contributed by atoms with E-state index in [9.17, 15) is 43.2 Å². The summed E-state index contributed by atoms with van der Waals surface area (Å²) in [6, 6.07) is 8.99. The third kappa shape index (κ3) is 17.0. The highest BCUT2D eigenvalue weighted by Gasteiger charge is 2.51. The predicted octanol–water partition coefficient (Wildman–Crippen LogP) is 1.71. The molecule has 3 heterocycles. The van der Waals surface area contributed by atoms with Crippen LogP contribution in [-0.4, -0.2) is 127 Å². The van der Waals surface area contributed by atoms with E-state index in [1.165, 1.54) is 31.7 Å². The fourth-order valence-corrected chi connectivity index (χ4v) is 9.17. The molecule has 2 amide bonds. The zero-order valence-electron chi connectivity index (χ0n) is 36.7. The SMILES string of the molecule is COP(O)(=S)CC1[C@@H](COC(=O)OCc2ccccc2)O[C@@H](n2ccc(=O)[nH]c2=O)[C@H]1CCCNC(=O)CCCCO[C@@H]1O[C@H](COC(C)=O)[C@H](OC(C)=O)[C@H](OC(C)=O)[C@H]1NC(C)=O. The number of nitrogens with one attached hydrogen (secondary N) is 3. The Morgan fingerprint density at radius 1 is 0.846 bits per heavy atom. The summed E-state index contributed by atoms with van der Waals surface area (Å²) in [7, 11) is 1.28. The number of nitrogens with zero attached hydrogens (tertiary/aromatic N) is 1. The van der Waals surface area contributed by atoms with Gasteiger partial charge in [-0.25, -0.2) is 9.59 Å². The second kappa shape index (κ2) is 25.6. The van der Waals surface area contributed by atoms with Crippen LogP contribution in [0.2, 0.25) is 0 Å². The van der Waals surface area contributed by atoms with Gasteiger partial charge in [-0.15, -0.1) is 0 Å². The molecular weight excluding hydrogens is 900 g/mol. The van der Waals surface area contributed by atoms with Crippen LogP contribution in [0.3, 0.4) is 0 Å². The van der Waals surface area contributed by atoms with Crippen molar-refractivity contribution in [2.24, 2.45) is 11.8 Å². The number of aromatic amines is 1. The summed E-state index contributed by atoms with van der Waals surface area (Å²) in [5.41, 5.74) is -0.633. The van der Waals surface area contributed by atoms with Crippen molar-refractivity contribution in [1.82, 2.24) is 20.2 Å². The molecule has 22 nitrogen and oxygen atoms in total. The molecule has 10 atom stereocenters. The highest BCUT2D eigenvalue weighted by atomic mass is 32.5. The average molecular weight is 957 g/mol. The quantitative estimate of drug-likeness (QED) is 0.0534. The Morgan fingerprint density at radius 2 is 1.54 bits per heavy atom. The first-order chi connectivity index (χ1) is 30.9. The summed E-state index contributed by atoms with van der Waals surface area (Å²) in [6.45, 7) is 0.759. The molecule has 2 aliphatic rings. The van der Waals surface area contributed by atoms with Crippen molar-refractivity contribution in [1.29, 1.82) is 0 Å². The van der Waals surface area contributed by atoms with Crippen molar-refractivity contribution in [3.8, 4) is 0 Å². The second-order valence-electron chi connectivity index (χ2n) is 15.3. The summed E-state index contributed by atoms with van der Waals surface area (Å²) in [6.07, 6.45) is -5.07. The number of hydrogen-bond acceptors (Lipinski definition) is 18. The molecule has 2 fully saturated rings. The van der Waals surface area contributed by atoms with E-state index >= 15 is 0 Å². The second-order valence-corrected chi connectivity index (χ2v) is 19.0. The topological polar surface area (TPSA) is 285 Å². The number of ether oxygens (including phenoxy) is 8. The first-order valence-electron chi connectivity index (χ1n) is 20.8. The maximum Gasteiger partial charge on any atom is 0.508 e. The van der Waals surface area contributed by atoms with E-state index in [1.807, 2.05) is 6.07 Å². The normalized spacial score (nSPS) is 24.7. The highest BCUT2D eigenvalue weighted by Crippen LogP contribution is 2.51. The lowest BCUT2D eigenvalue weighted by Gasteiger charge is -2.44. The Morgan fingerprint density at radius 3 is 2.18 bits per heavy atom. The van der Waals surface area contributed by atoms with E-state index in [-0.39, 0.29) is 51.5 Å². The Balaban J connectivity index is 1.35. The molecule has 2 aromatic rings. The third-order valence-corrected chi connectivity index (χ3v) is 12.7. The van der Waals surface area contributed by atoms with Crippen LogP contribution in [-0.2, 0) is 84.8 Å². The first-order valence-corrected chi connectivity index (χ1v) is 23.7. The van der Waals surface area contributed by atoms with Crippen LogP contribution >= 0.6 is 6.49 Å². The minimum Gasteiger partial charge on any atom is -0.463 e. The summed E-state index contributed by atoms with van der Waals surface area (Å²) < 4.78 is 51.4. The van der Waals surface area contributed by atoms with E-state index in [0.717, 1.165) is 25.5 Å². The minimum atomic E-state index is -3.38. The van der Waals surface area contributed by atoms with Gasteiger partial charge < -0.3 is 57.9 Å². The fraction of sp³-hybridized carbons (Fsp3) is 0.610. The van der Waals surface area contributed by atoms with Gasteiger partial charge in [0.25, 0.3) is 5.56 Å². The predicted molar refractivity (Wildman–Crippen MR) is 229 cm³/mol. The summed E-state index contributed by atoms with van der Waals surface area (Å²) in [4.78, 5) is 112. The van der Waals surface area contributed by atoms with Gasteiger partial charge >= 0.3 is 29.8 Å². The smallest absolute Gasteiger partial charge is 0.463 e. The van der Waals surface area contributed by atoms with Gasteiger partial charge in [-0.05, 0) is 43.1 Å². The lowest BCUT2D eigenvalue weighted by atomic mass is 9.87. The molecule has 0 aliphatic carbocycles. The molecule has 24 heteroatoms. The molecule has 0 bridgehead atoms. The number of unbranched alkanes of at least 4 members (excludes halogenated alkanes) is 1. The number of carbonyl (C=O) groups excluding carboxylic acids is 6. The monoisotopic (exact) mass is 956 g/mol. The Hall–Kier alpha value is -5.03. The van der Waals surface area contributed by atoms with Gasteiger partial charge in [0.1, 0.15) is 38.2 Å². The number of hydrogen-bond donors (Lipinski definition) is 4. The van der Waals surface area contributed by atoms with Crippen LogP contribution in [0.1, 0.15) is 71.6 Å². The number of H-pyrrole nitrogens is 1. The molecule has 2 saturated heterocycles. The third-order valence-electron chi connectivity index (χ3n) is 10.3. The van der Waals surface area contributed by atoms with Crippen molar-refractivity contribution in [3.63, 3.8) is 0 Å². The van der Waals surface area contributed by atoms with Gasteiger partial charge in [0.15, 0.2) is 25.0 Å². The van der Waals surface area contributed by atoms with Crippen LogP contribution < -0.4 is 21.9 Å². The Labute approximate surface area is 379 Å². The number of aromatic nitrogens is 2. The zero-order chi connectivity index (χ0) is 47.7. The van der Waals surface area contributed by atoms with Crippen molar-refractivity contribution in [2.75, 3.05) is 39.6 Å². The number of amides is 2. The standard InChI is InChI=1S/C41H57N4O18PS/c1-24(46)43-35-37(61-27(4)49)36(60-26(3)48)32(22-57-25(2)47)63-39(35)56-19-10-9-15-33(50)42-17-11-14-29-30(23-64(54,65)55-5)31(62-38(29)45-18-16-34(51)44-40(45)52)21-59-41(53)58-20-28-12-7-6-8-13-28/h6-8,12-13,16,18,29-32,35-39H,9-11,14-15,17,19-23H2,1-5H3,(H,42,50)(H,43,46)(H,54,65)(H,44,51,52)/t29-,30?,31+,32+,35+,36-,37+,38+,39+,64?/m0/s1. The molecule has 4 N–H and O–H groups in total. The van der Waals surface area contributed by atoms with Gasteiger partial charge in [0.05, 0.1) is 6.10 Å². The van der Waals surface area contributed by atoms with Crippen LogP contribution in [0.15, 0.2) is 52.2 Å². The largest absolute Gasteiger partial charge is 0.508 e. The molecule has 1 aromatic carbocycles. The Kier molecular flexibility index (Phi) is 20.7. The average Bonchev–Trinajstić information content (AvgIpc) is 3.56. The highest BCUT2D eigenvalue weighted by molar-refractivity contribution is 8.09. The van der Waals surface area contributed by atoms with Crippen molar-refractivity contribution in [3.05, 3.63) is 69.0 Å². The number of carbonyl (C=O) groups is 6. The molecule has 1 aromatic heterocycles. The van der Waals surface area contributed by atoms with E-state index in [1.54, 1.807) is 24.3 Å². The van der Waals surface area contributed by atoms with Gasteiger partial charge in [-0.2, -0.15) is 0 Å². The molecule has 4 rings (SSSR count). The van der Waals surface area contributed by atoms with Crippen molar-refractivity contribution in [2.45, 2.75) is 109 Å². The van der Waals surface area contributed by atoms with Gasteiger partial charge in [-0.3, -0.25) is 38.3 Å². The minimum absolute atomic E-state index is 0.0167. The first kappa shape index (κ1) is 52.6. The van der Waals surface area contributed by atoms with Crippen molar-refractivity contribution >= 4 is 54.2 Å². The molecule has 65 heavy (non-hydrogen) atoms. The van der Waals surface area contributed by atoms with Crippen LogP contribution in [0.5, 0.6) is 0 Å². The van der Waals surface area contributed by atoms with Crippen molar-refractivity contribution < 1.29 is 76.1 Å². The molecular formula is C41H57N4O18PS. The lowest BCUT2D eigenvalue weighted by molar-refractivity contribution is -0.277. The lowest BCUT2D eigenvalue weighted by Crippen LogP contribution is -2.66. The molecule has 2 unspecified atom stereocenters. The molecule has 360 valence electrons. The maximum atomic E-state index is 13.0. The van der Waals surface area contributed by atoms with E-state index in [4.69, 9.17) is 54.2 Å².